The number of halogens is 3. The van der Waals surface area contributed by atoms with E-state index in [9.17, 15) is 18.0 Å². The lowest BCUT2D eigenvalue weighted by atomic mass is 9.97. The number of hydrogen-bond acceptors (Lipinski definition) is 4. The summed E-state index contributed by atoms with van der Waals surface area (Å²) in [6.07, 6.45) is -2.45. The second-order valence-electron chi connectivity index (χ2n) is 4.82. The number of aromatic nitrogens is 1. The molecule has 0 spiro atoms. The summed E-state index contributed by atoms with van der Waals surface area (Å²) in [5.74, 6) is -1.81. The number of nitrogens with zero attached hydrogens (tertiary/aromatic N) is 2. The summed E-state index contributed by atoms with van der Waals surface area (Å²) in [4.78, 5) is 16.7. The summed E-state index contributed by atoms with van der Waals surface area (Å²) in [6, 6.07) is 1.34. The molecule has 5 nitrogen and oxygen atoms in total. The van der Waals surface area contributed by atoms with Crippen molar-refractivity contribution < 1.29 is 18.0 Å². The first-order chi connectivity index (χ1) is 9.29. The molecule has 1 saturated heterocycles. The van der Waals surface area contributed by atoms with Crippen molar-refractivity contribution in [3.8, 4) is 0 Å². The topological polar surface area (TPSA) is 85.2 Å². The molecule has 1 amide bonds. The molecule has 0 aromatic carbocycles. The fraction of sp³-hybridized carbons (Fsp3) is 0.500. The monoisotopic (exact) mass is 288 g/mol. The van der Waals surface area contributed by atoms with Crippen LogP contribution in [-0.4, -0.2) is 30.2 Å². The zero-order chi connectivity index (χ0) is 14.9. The molecule has 0 radical (unpaired) electrons. The molecule has 4 N–H and O–H groups in total. The first-order valence-electron chi connectivity index (χ1n) is 6.16. The molecule has 1 fully saturated rings. The van der Waals surface area contributed by atoms with Crippen LogP contribution < -0.4 is 16.4 Å². The predicted molar refractivity (Wildman–Crippen MR) is 68.2 cm³/mol. The Bertz CT molecular complexity index is 518. The Balaban J connectivity index is 2.23. The van der Waals surface area contributed by atoms with Crippen LogP contribution in [0.4, 0.5) is 24.7 Å². The normalized spacial score (nSPS) is 19.9. The third-order valence-electron chi connectivity index (χ3n) is 3.39. The number of alkyl halides is 3. The lowest BCUT2D eigenvalue weighted by Gasteiger charge is -2.34. The molecule has 1 aromatic heterocycles. The van der Waals surface area contributed by atoms with Crippen molar-refractivity contribution in [3.63, 3.8) is 0 Å². The van der Waals surface area contributed by atoms with E-state index in [0.717, 1.165) is 0 Å². The molecule has 1 aliphatic heterocycles. The van der Waals surface area contributed by atoms with Gasteiger partial charge in [-0.25, -0.2) is 4.98 Å². The fourth-order valence-electron chi connectivity index (χ4n) is 2.29. The highest BCUT2D eigenvalue weighted by molar-refractivity contribution is 5.98. The molecule has 110 valence electrons. The molecule has 1 unspecified atom stereocenters. The summed E-state index contributed by atoms with van der Waals surface area (Å²) in [6.45, 7) is 0.292. The summed E-state index contributed by atoms with van der Waals surface area (Å²) in [5.41, 5.74) is 10.9. The second-order valence-corrected chi connectivity index (χ2v) is 4.82. The van der Waals surface area contributed by atoms with Crippen molar-refractivity contribution in [3.05, 3.63) is 17.8 Å². The van der Waals surface area contributed by atoms with E-state index < -0.39 is 18.0 Å². The Labute approximate surface area is 113 Å². The van der Waals surface area contributed by atoms with Gasteiger partial charge in [0.2, 0.25) is 0 Å². The highest BCUT2D eigenvalue weighted by atomic mass is 19.4. The Kier molecular flexibility index (Phi) is 3.74. The minimum atomic E-state index is -4.22. The lowest BCUT2D eigenvalue weighted by Crippen LogP contribution is -2.42. The quantitative estimate of drug-likeness (QED) is 0.864. The molecule has 20 heavy (non-hydrogen) atoms. The summed E-state index contributed by atoms with van der Waals surface area (Å²) >= 11 is 0. The average Bonchev–Trinajstić information content (AvgIpc) is 2.38. The summed E-state index contributed by atoms with van der Waals surface area (Å²) in [7, 11) is 0. The van der Waals surface area contributed by atoms with E-state index >= 15 is 0 Å². The van der Waals surface area contributed by atoms with Gasteiger partial charge in [0, 0.05) is 13.1 Å². The number of hydrogen-bond donors (Lipinski definition) is 2. The smallest absolute Gasteiger partial charge is 0.393 e. The second kappa shape index (κ2) is 5.18. The van der Waals surface area contributed by atoms with Crippen LogP contribution in [0.5, 0.6) is 0 Å². The number of piperidine rings is 1. The van der Waals surface area contributed by atoms with E-state index in [1.165, 1.54) is 17.2 Å². The van der Waals surface area contributed by atoms with E-state index in [-0.39, 0.29) is 24.2 Å². The van der Waals surface area contributed by atoms with E-state index in [2.05, 4.69) is 4.98 Å². The third-order valence-corrected chi connectivity index (χ3v) is 3.39. The van der Waals surface area contributed by atoms with Gasteiger partial charge >= 0.3 is 6.18 Å². The van der Waals surface area contributed by atoms with E-state index in [1.807, 2.05) is 0 Å². The predicted octanol–water partition coefficient (Wildman–Crippen LogP) is 1.54. The largest absolute Gasteiger partial charge is 0.397 e. The molecular weight excluding hydrogens is 273 g/mol. The van der Waals surface area contributed by atoms with E-state index in [1.54, 1.807) is 0 Å². The standard InChI is InChI=1S/C12H15F3N4O/c13-12(14,15)7-2-1-3-19(6-7)10-4-8(11(17)20)9(16)5-18-10/h4-5,7H,1-3,6,16H2,(H2,17,20). The number of carbonyl (C=O) groups excluding carboxylic acids is 1. The molecule has 1 atom stereocenters. The summed E-state index contributed by atoms with van der Waals surface area (Å²) in [5, 5.41) is 0. The van der Waals surface area contributed by atoms with Crippen LogP contribution in [-0.2, 0) is 0 Å². The van der Waals surface area contributed by atoms with Gasteiger partial charge in [-0.3, -0.25) is 4.79 Å². The maximum Gasteiger partial charge on any atom is 0.393 e. The van der Waals surface area contributed by atoms with Gasteiger partial charge in [0.25, 0.3) is 5.91 Å². The molecule has 1 aliphatic rings. The Morgan fingerprint density at radius 2 is 2.15 bits per heavy atom. The number of amides is 1. The Morgan fingerprint density at radius 1 is 1.45 bits per heavy atom. The van der Waals surface area contributed by atoms with Crippen molar-refractivity contribution in [2.75, 3.05) is 23.7 Å². The van der Waals surface area contributed by atoms with Gasteiger partial charge in [0.1, 0.15) is 5.82 Å². The molecule has 2 rings (SSSR count). The first kappa shape index (κ1) is 14.4. The first-order valence-corrected chi connectivity index (χ1v) is 6.16. The Hall–Kier alpha value is -1.99. The molecule has 8 heteroatoms. The van der Waals surface area contributed by atoms with Crippen LogP contribution in [0.2, 0.25) is 0 Å². The number of anilines is 2. The maximum atomic E-state index is 12.8. The van der Waals surface area contributed by atoms with Crippen molar-refractivity contribution >= 4 is 17.4 Å². The van der Waals surface area contributed by atoms with Gasteiger partial charge in [0.05, 0.1) is 23.4 Å². The number of nitrogen functional groups attached to an aromatic ring is 1. The van der Waals surface area contributed by atoms with Crippen LogP contribution in [0.1, 0.15) is 23.2 Å². The van der Waals surface area contributed by atoms with Gasteiger partial charge in [-0.2, -0.15) is 13.2 Å². The number of primary amides is 1. The van der Waals surface area contributed by atoms with Gasteiger partial charge < -0.3 is 16.4 Å². The van der Waals surface area contributed by atoms with Gasteiger partial charge in [-0.1, -0.05) is 0 Å². The SMILES string of the molecule is NC(=O)c1cc(N2CCCC(C(F)(F)F)C2)ncc1N. The molecule has 2 heterocycles. The average molecular weight is 288 g/mol. The minimum absolute atomic E-state index is 0.0733. The molecular formula is C12H15F3N4O. The van der Waals surface area contributed by atoms with E-state index in [0.29, 0.717) is 18.8 Å². The number of rotatable bonds is 2. The third kappa shape index (κ3) is 2.94. The van der Waals surface area contributed by atoms with Crippen LogP contribution in [0.3, 0.4) is 0 Å². The minimum Gasteiger partial charge on any atom is -0.397 e. The Morgan fingerprint density at radius 3 is 2.75 bits per heavy atom. The zero-order valence-electron chi connectivity index (χ0n) is 10.7. The van der Waals surface area contributed by atoms with Gasteiger partial charge in [-0.15, -0.1) is 0 Å². The highest BCUT2D eigenvalue weighted by Gasteiger charge is 2.42. The highest BCUT2D eigenvalue weighted by Crippen LogP contribution is 2.34. The van der Waals surface area contributed by atoms with Crippen molar-refractivity contribution in [2.24, 2.45) is 11.7 Å². The molecule has 0 bridgehead atoms. The molecule has 0 aliphatic carbocycles. The summed E-state index contributed by atoms with van der Waals surface area (Å²) < 4.78 is 38.3. The van der Waals surface area contributed by atoms with E-state index in [4.69, 9.17) is 11.5 Å². The zero-order valence-corrected chi connectivity index (χ0v) is 10.7. The van der Waals surface area contributed by atoms with Crippen LogP contribution in [0.15, 0.2) is 12.3 Å². The van der Waals surface area contributed by atoms with Crippen LogP contribution >= 0.6 is 0 Å². The maximum absolute atomic E-state index is 12.8. The van der Waals surface area contributed by atoms with Crippen LogP contribution in [0.25, 0.3) is 0 Å². The number of carbonyl (C=O) groups is 1. The van der Waals surface area contributed by atoms with Crippen molar-refractivity contribution in [1.82, 2.24) is 4.98 Å². The van der Waals surface area contributed by atoms with Gasteiger partial charge in [-0.05, 0) is 18.9 Å². The number of pyridine rings is 1. The van der Waals surface area contributed by atoms with Gasteiger partial charge in [0.15, 0.2) is 0 Å². The van der Waals surface area contributed by atoms with Crippen molar-refractivity contribution in [2.45, 2.75) is 19.0 Å². The molecule has 0 saturated carbocycles. The van der Waals surface area contributed by atoms with Crippen molar-refractivity contribution in [1.29, 1.82) is 0 Å². The van der Waals surface area contributed by atoms with Crippen LogP contribution in [0, 0.1) is 5.92 Å². The fourth-order valence-corrected chi connectivity index (χ4v) is 2.29. The lowest BCUT2D eigenvalue weighted by molar-refractivity contribution is -0.176. The molecule has 1 aromatic rings. The number of nitrogens with two attached hydrogens (primary N) is 2.